The van der Waals surface area contributed by atoms with Crippen molar-refractivity contribution in [1.29, 1.82) is 0 Å². The molecule has 0 radical (unpaired) electrons. The van der Waals surface area contributed by atoms with Gasteiger partial charge in [0, 0.05) is 13.5 Å². The smallest absolute Gasteiger partial charge is 0.295 e. The summed E-state index contributed by atoms with van der Waals surface area (Å²) in [5, 5.41) is 2.31. The number of benzene rings is 1. The quantitative estimate of drug-likeness (QED) is 0.649. The van der Waals surface area contributed by atoms with Gasteiger partial charge in [-0.3, -0.25) is 24.0 Å². The lowest BCUT2D eigenvalue weighted by Crippen LogP contribution is -2.44. The van der Waals surface area contributed by atoms with Crippen LogP contribution >= 0.6 is 12.6 Å². The monoisotopic (exact) mass is 319 g/mol. The van der Waals surface area contributed by atoms with Crippen LogP contribution in [-0.4, -0.2) is 26.7 Å². The van der Waals surface area contributed by atoms with Gasteiger partial charge in [0.1, 0.15) is 6.04 Å². The maximum absolute atomic E-state index is 12.6. The van der Waals surface area contributed by atoms with Crippen LogP contribution in [0.5, 0.6) is 0 Å². The van der Waals surface area contributed by atoms with Crippen molar-refractivity contribution in [3.8, 4) is 0 Å². The van der Waals surface area contributed by atoms with Gasteiger partial charge < -0.3 is 0 Å². The summed E-state index contributed by atoms with van der Waals surface area (Å²) in [6, 6.07) is 5.04. The molecule has 1 unspecified atom stereocenters. The zero-order valence-electron chi connectivity index (χ0n) is 12.2. The van der Waals surface area contributed by atoms with E-state index in [-0.39, 0.29) is 18.0 Å². The highest BCUT2D eigenvalue weighted by Gasteiger charge is 2.31. The lowest BCUT2D eigenvalue weighted by molar-refractivity contribution is -0.135. The van der Waals surface area contributed by atoms with Crippen LogP contribution in [0, 0.1) is 0 Å². The number of carbonyl (C=O) groups is 2. The van der Waals surface area contributed by atoms with Gasteiger partial charge >= 0.3 is 5.69 Å². The standard InChI is InChI=1S/C15H17N3O3S/c1-17-13-9(7-8-22)3-2-4-10(13)18(15(17)21)11-5-6-12(19)16-14(11)20/h2-4,11,22H,5-8H2,1H3,(H,16,19,20). The maximum Gasteiger partial charge on any atom is 0.329 e. The Bertz CT molecular complexity index is 821. The number of amides is 2. The van der Waals surface area contributed by atoms with E-state index in [1.165, 1.54) is 4.57 Å². The molecule has 1 aromatic carbocycles. The highest BCUT2D eigenvalue weighted by Crippen LogP contribution is 2.25. The Balaban J connectivity index is 2.21. The molecule has 3 rings (SSSR count). The van der Waals surface area contributed by atoms with Crippen LogP contribution in [0.4, 0.5) is 0 Å². The number of aromatic nitrogens is 2. The number of thiol groups is 1. The molecule has 1 aliphatic heterocycles. The number of nitrogens with zero attached hydrogens (tertiary/aromatic N) is 2. The van der Waals surface area contributed by atoms with Gasteiger partial charge in [0.15, 0.2) is 0 Å². The van der Waals surface area contributed by atoms with Crippen LogP contribution in [0.1, 0.15) is 24.4 Å². The molecule has 0 spiro atoms. The van der Waals surface area contributed by atoms with Crippen molar-refractivity contribution in [1.82, 2.24) is 14.5 Å². The normalized spacial score (nSPS) is 18.7. The largest absolute Gasteiger partial charge is 0.329 e. The van der Waals surface area contributed by atoms with Crippen LogP contribution in [0.2, 0.25) is 0 Å². The minimum Gasteiger partial charge on any atom is -0.295 e. The van der Waals surface area contributed by atoms with Gasteiger partial charge in [0.2, 0.25) is 11.8 Å². The highest BCUT2D eigenvalue weighted by atomic mass is 32.1. The summed E-state index contributed by atoms with van der Waals surface area (Å²) >= 11 is 4.25. The molecule has 1 fully saturated rings. The van der Waals surface area contributed by atoms with Crippen molar-refractivity contribution < 1.29 is 9.59 Å². The lowest BCUT2D eigenvalue weighted by Gasteiger charge is -2.21. The molecule has 0 bridgehead atoms. The molecule has 0 aliphatic carbocycles. The third-order valence-electron chi connectivity index (χ3n) is 4.09. The molecule has 2 amide bonds. The summed E-state index contributed by atoms with van der Waals surface area (Å²) < 4.78 is 3.07. The average molecular weight is 319 g/mol. The molecule has 2 heterocycles. The second kappa shape index (κ2) is 5.64. The Labute approximate surface area is 132 Å². The van der Waals surface area contributed by atoms with Crippen molar-refractivity contribution in [3.05, 3.63) is 34.2 Å². The number of imide groups is 1. The van der Waals surface area contributed by atoms with Gasteiger partial charge in [0.25, 0.3) is 0 Å². The number of hydrogen-bond donors (Lipinski definition) is 2. The first kappa shape index (κ1) is 14.9. The summed E-state index contributed by atoms with van der Waals surface area (Å²) in [5.74, 6) is -0.0209. The van der Waals surface area contributed by atoms with Crippen molar-refractivity contribution in [3.63, 3.8) is 0 Å². The number of hydrogen-bond acceptors (Lipinski definition) is 4. The highest BCUT2D eigenvalue weighted by molar-refractivity contribution is 7.80. The number of carbonyl (C=O) groups excluding carboxylic acids is 2. The van der Waals surface area contributed by atoms with E-state index in [1.54, 1.807) is 11.6 Å². The fourth-order valence-electron chi connectivity index (χ4n) is 3.07. The fourth-order valence-corrected chi connectivity index (χ4v) is 3.31. The molecule has 2 aromatic rings. The molecule has 6 nitrogen and oxygen atoms in total. The van der Waals surface area contributed by atoms with Crippen LogP contribution < -0.4 is 11.0 Å². The second-order valence-corrected chi connectivity index (χ2v) is 5.88. The Morgan fingerprint density at radius 1 is 1.32 bits per heavy atom. The molecule has 1 aromatic heterocycles. The van der Waals surface area contributed by atoms with Gasteiger partial charge in [-0.1, -0.05) is 12.1 Å². The van der Waals surface area contributed by atoms with E-state index < -0.39 is 11.9 Å². The molecule has 1 N–H and O–H groups in total. The van der Waals surface area contributed by atoms with Crippen LogP contribution in [0.3, 0.4) is 0 Å². The van der Waals surface area contributed by atoms with Crippen molar-refractivity contribution in [2.24, 2.45) is 7.05 Å². The Hall–Kier alpha value is -2.02. The van der Waals surface area contributed by atoms with Crippen molar-refractivity contribution >= 4 is 35.5 Å². The topological polar surface area (TPSA) is 73.1 Å². The Kier molecular flexibility index (Phi) is 3.82. The summed E-state index contributed by atoms with van der Waals surface area (Å²) in [6.07, 6.45) is 1.34. The number of fused-ring (bicyclic) bond motifs is 1. The first-order valence-electron chi connectivity index (χ1n) is 7.18. The van der Waals surface area contributed by atoms with Crippen LogP contribution in [-0.2, 0) is 23.1 Å². The Morgan fingerprint density at radius 3 is 2.77 bits per heavy atom. The number of imidazole rings is 1. The minimum absolute atomic E-state index is 0.240. The van der Waals surface area contributed by atoms with E-state index in [1.807, 2.05) is 18.2 Å². The fraction of sp³-hybridized carbons (Fsp3) is 0.400. The molecule has 1 saturated heterocycles. The predicted molar refractivity (Wildman–Crippen MR) is 86.2 cm³/mol. The molecule has 1 atom stereocenters. The summed E-state index contributed by atoms with van der Waals surface area (Å²) in [6.45, 7) is 0. The van der Waals surface area contributed by atoms with Gasteiger partial charge in [-0.05, 0) is 30.2 Å². The van der Waals surface area contributed by atoms with E-state index >= 15 is 0 Å². The third kappa shape index (κ3) is 2.25. The molecule has 7 heteroatoms. The summed E-state index contributed by atoms with van der Waals surface area (Å²) in [7, 11) is 1.70. The average Bonchev–Trinajstić information content (AvgIpc) is 2.73. The first-order chi connectivity index (χ1) is 10.5. The molecular formula is C15H17N3O3S. The summed E-state index contributed by atoms with van der Waals surface area (Å²) in [4.78, 5) is 36.0. The maximum atomic E-state index is 12.6. The van der Waals surface area contributed by atoms with E-state index in [2.05, 4.69) is 17.9 Å². The number of rotatable bonds is 3. The van der Waals surface area contributed by atoms with Gasteiger partial charge in [0.05, 0.1) is 11.0 Å². The van der Waals surface area contributed by atoms with Gasteiger partial charge in [-0.25, -0.2) is 4.79 Å². The number of nitrogens with one attached hydrogen (secondary N) is 1. The second-order valence-electron chi connectivity index (χ2n) is 5.44. The molecule has 22 heavy (non-hydrogen) atoms. The zero-order valence-corrected chi connectivity index (χ0v) is 13.1. The molecular weight excluding hydrogens is 302 g/mol. The van der Waals surface area contributed by atoms with Crippen LogP contribution in [0.15, 0.2) is 23.0 Å². The molecule has 116 valence electrons. The third-order valence-corrected chi connectivity index (χ3v) is 4.31. The number of para-hydroxylation sites is 1. The van der Waals surface area contributed by atoms with E-state index in [0.717, 1.165) is 23.0 Å². The summed E-state index contributed by atoms with van der Waals surface area (Å²) in [5.41, 5.74) is 2.33. The Morgan fingerprint density at radius 2 is 2.09 bits per heavy atom. The minimum atomic E-state index is -0.639. The predicted octanol–water partition coefficient (Wildman–Crippen LogP) is 0.790. The number of aryl methyl sites for hydroxylation is 2. The number of piperidine rings is 1. The SMILES string of the molecule is Cn1c(=O)n(C2CCC(=O)NC2=O)c2cccc(CCS)c21. The van der Waals surface area contributed by atoms with Crippen LogP contribution in [0.25, 0.3) is 11.0 Å². The lowest BCUT2D eigenvalue weighted by atomic mass is 10.1. The first-order valence-corrected chi connectivity index (χ1v) is 7.81. The zero-order chi connectivity index (χ0) is 15.9. The van der Waals surface area contributed by atoms with Crippen molar-refractivity contribution in [2.75, 3.05) is 5.75 Å². The molecule has 0 saturated carbocycles. The van der Waals surface area contributed by atoms with E-state index in [0.29, 0.717) is 12.2 Å². The molecule has 1 aliphatic rings. The van der Waals surface area contributed by atoms with Gasteiger partial charge in [-0.2, -0.15) is 12.6 Å². The van der Waals surface area contributed by atoms with Crippen molar-refractivity contribution in [2.45, 2.75) is 25.3 Å². The van der Waals surface area contributed by atoms with E-state index in [9.17, 15) is 14.4 Å². The van der Waals surface area contributed by atoms with Gasteiger partial charge in [-0.15, -0.1) is 0 Å². The van der Waals surface area contributed by atoms with E-state index in [4.69, 9.17) is 0 Å².